The minimum atomic E-state index is 0.470. The number of nitrogens with one attached hydrogen (secondary N) is 1. The Labute approximate surface area is 116 Å². The molecule has 0 aliphatic heterocycles. The molecule has 3 unspecified atom stereocenters. The lowest BCUT2D eigenvalue weighted by atomic mass is 9.86. The van der Waals surface area contributed by atoms with Crippen molar-refractivity contribution in [2.75, 3.05) is 0 Å². The first-order chi connectivity index (χ1) is 8.69. The van der Waals surface area contributed by atoms with Crippen molar-refractivity contribution < 1.29 is 0 Å². The van der Waals surface area contributed by atoms with E-state index in [0.29, 0.717) is 12.1 Å². The minimum Gasteiger partial charge on any atom is -0.307 e. The molecular formula is C16H24ClN. The van der Waals surface area contributed by atoms with E-state index >= 15 is 0 Å². The molecule has 0 saturated heterocycles. The van der Waals surface area contributed by atoms with Crippen LogP contribution in [0.15, 0.2) is 24.3 Å². The molecule has 1 aromatic rings. The van der Waals surface area contributed by atoms with E-state index < -0.39 is 0 Å². The van der Waals surface area contributed by atoms with Gasteiger partial charge >= 0.3 is 0 Å². The highest BCUT2D eigenvalue weighted by Crippen LogP contribution is 2.27. The van der Waals surface area contributed by atoms with Crippen LogP contribution in [0.5, 0.6) is 0 Å². The summed E-state index contributed by atoms with van der Waals surface area (Å²) >= 11 is 5.95. The Morgan fingerprint density at radius 2 is 2.00 bits per heavy atom. The van der Waals surface area contributed by atoms with Gasteiger partial charge in [-0.15, -0.1) is 0 Å². The third-order valence-corrected chi connectivity index (χ3v) is 4.31. The molecule has 1 fully saturated rings. The predicted octanol–water partition coefficient (Wildman–Crippen LogP) is 4.96. The molecule has 100 valence electrons. The summed E-state index contributed by atoms with van der Waals surface area (Å²) in [6.07, 6.45) is 6.55. The van der Waals surface area contributed by atoms with Gasteiger partial charge in [0.05, 0.1) is 0 Å². The van der Waals surface area contributed by atoms with Crippen LogP contribution in [0.2, 0.25) is 5.02 Å². The predicted molar refractivity (Wildman–Crippen MR) is 79.0 cm³/mol. The molecule has 1 saturated carbocycles. The third kappa shape index (κ3) is 3.73. The summed E-state index contributed by atoms with van der Waals surface area (Å²) in [7, 11) is 0. The van der Waals surface area contributed by atoms with Crippen LogP contribution in [-0.2, 0) is 0 Å². The number of hydrogen-bond donors (Lipinski definition) is 1. The van der Waals surface area contributed by atoms with E-state index in [-0.39, 0.29) is 0 Å². The van der Waals surface area contributed by atoms with Crippen LogP contribution in [0.25, 0.3) is 0 Å². The van der Waals surface area contributed by atoms with Gasteiger partial charge in [0.2, 0.25) is 0 Å². The Morgan fingerprint density at radius 3 is 2.61 bits per heavy atom. The third-order valence-electron chi connectivity index (χ3n) is 4.05. The van der Waals surface area contributed by atoms with Crippen LogP contribution < -0.4 is 5.32 Å². The van der Waals surface area contributed by atoms with Crippen molar-refractivity contribution >= 4 is 11.6 Å². The van der Waals surface area contributed by atoms with Crippen molar-refractivity contribution in [3.63, 3.8) is 0 Å². The fourth-order valence-corrected chi connectivity index (χ4v) is 3.14. The molecule has 1 aliphatic rings. The van der Waals surface area contributed by atoms with Gasteiger partial charge in [-0.25, -0.2) is 0 Å². The van der Waals surface area contributed by atoms with Gasteiger partial charge < -0.3 is 5.32 Å². The maximum atomic E-state index is 5.95. The van der Waals surface area contributed by atoms with Gasteiger partial charge in [-0.3, -0.25) is 0 Å². The van der Waals surface area contributed by atoms with Gasteiger partial charge in [0.25, 0.3) is 0 Å². The Hall–Kier alpha value is -0.530. The lowest BCUT2D eigenvalue weighted by Crippen LogP contribution is -2.36. The second kappa shape index (κ2) is 6.58. The molecule has 2 heteroatoms. The summed E-state index contributed by atoms with van der Waals surface area (Å²) in [6.45, 7) is 4.62. The molecule has 0 amide bonds. The zero-order valence-electron chi connectivity index (χ0n) is 11.5. The number of rotatable bonds is 4. The van der Waals surface area contributed by atoms with Gasteiger partial charge in [-0.1, -0.05) is 50.4 Å². The average molecular weight is 266 g/mol. The summed E-state index contributed by atoms with van der Waals surface area (Å²) in [6, 6.07) is 9.44. The van der Waals surface area contributed by atoms with Gasteiger partial charge in [0.15, 0.2) is 0 Å². The Bertz CT molecular complexity index is 360. The standard InChI is InChI=1S/C16H24ClN/c1-3-16(13-7-9-14(17)10-8-13)18-15-6-4-5-12(2)11-15/h7-10,12,15-16,18H,3-6,11H2,1-2H3. The van der Waals surface area contributed by atoms with Gasteiger partial charge in [0, 0.05) is 17.1 Å². The molecule has 0 bridgehead atoms. The Morgan fingerprint density at radius 1 is 1.28 bits per heavy atom. The SMILES string of the molecule is CCC(NC1CCCC(C)C1)c1ccc(Cl)cc1. The second-order valence-corrected chi connectivity index (χ2v) is 6.08. The molecule has 0 radical (unpaired) electrons. The molecular weight excluding hydrogens is 242 g/mol. The summed E-state index contributed by atoms with van der Waals surface area (Å²) in [5, 5.41) is 4.65. The molecule has 0 heterocycles. The molecule has 3 atom stereocenters. The van der Waals surface area contributed by atoms with Crippen LogP contribution in [0.4, 0.5) is 0 Å². The van der Waals surface area contributed by atoms with E-state index in [2.05, 4.69) is 31.3 Å². The monoisotopic (exact) mass is 265 g/mol. The highest BCUT2D eigenvalue weighted by molar-refractivity contribution is 6.30. The first-order valence-electron chi connectivity index (χ1n) is 7.20. The smallest absolute Gasteiger partial charge is 0.0406 e. The summed E-state index contributed by atoms with van der Waals surface area (Å²) in [4.78, 5) is 0. The van der Waals surface area contributed by atoms with E-state index in [9.17, 15) is 0 Å². The van der Waals surface area contributed by atoms with Crippen molar-refractivity contribution in [3.8, 4) is 0 Å². The topological polar surface area (TPSA) is 12.0 Å². The number of benzene rings is 1. The largest absolute Gasteiger partial charge is 0.307 e. The van der Waals surface area contributed by atoms with Gasteiger partial charge in [-0.05, 0) is 42.9 Å². The Balaban J connectivity index is 1.98. The van der Waals surface area contributed by atoms with Crippen LogP contribution in [0, 0.1) is 5.92 Å². The van der Waals surface area contributed by atoms with E-state index in [1.807, 2.05) is 12.1 Å². The maximum Gasteiger partial charge on any atom is 0.0406 e. The first-order valence-corrected chi connectivity index (χ1v) is 7.58. The van der Waals surface area contributed by atoms with Crippen LogP contribution in [-0.4, -0.2) is 6.04 Å². The summed E-state index contributed by atoms with van der Waals surface area (Å²) < 4.78 is 0. The zero-order valence-corrected chi connectivity index (χ0v) is 12.2. The highest BCUT2D eigenvalue weighted by atomic mass is 35.5. The van der Waals surface area contributed by atoms with Gasteiger partial charge in [-0.2, -0.15) is 0 Å². The molecule has 18 heavy (non-hydrogen) atoms. The van der Waals surface area contributed by atoms with Crippen molar-refractivity contribution in [3.05, 3.63) is 34.9 Å². The van der Waals surface area contributed by atoms with Crippen molar-refractivity contribution in [2.24, 2.45) is 5.92 Å². The van der Waals surface area contributed by atoms with E-state index in [1.54, 1.807) is 0 Å². The second-order valence-electron chi connectivity index (χ2n) is 5.65. The fourth-order valence-electron chi connectivity index (χ4n) is 3.01. The fraction of sp³-hybridized carbons (Fsp3) is 0.625. The normalized spacial score (nSPS) is 25.9. The van der Waals surface area contributed by atoms with Crippen LogP contribution in [0.3, 0.4) is 0 Å². The Kier molecular flexibility index (Phi) is 5.08. The zero-order chi connectivity index (χ0) is 13.0. The van der Waals surface area contributed by atoms with Crippen molar-refractivity contribution in [2.45, 2.75) is 58.0 Å². The van der Waals surface area contributed by atoms with E-state index in [0.717, 1.165) is 17.4 Å². The molecule has 2 rings (SSSR count). The van der Waals surface area contributed by atoms with Gasteiger partial charge in [0.1, 0.15) is 0 Å². The number of hydrogen-bond acceptors (Lipinski definition) is 1. The first kappa shape index (κ1) is 13.9. The van der Waals surface area contributed by atoms with Crippen molar-refractivity contribution in [1.29, 1.82) is 0 Å². The highest BCUT2D eigenvalue weighted by Gasteiger charge is 2.21. The quantitative estimate of drug-likeness (QED) is 0.811. The summed E-state index contributed by atoms with van der Waals surface area (Å²) in [5.74, 6) is 0.874. The molecule has 1 nitrogen and oxygen atoms in total. The van der Waals surface area contributed by atoms with Crippen LogP contribution >= 0.6 is 11.6 Å². The average Bonchev–Trinajstić information content (AvgIpc) is 2.37. The van der Waals surface area contributed by atoms with E-state index in [1.165, 1.54) is 31.2 Å². The molecule has 1 aromatic carbocycles. The maximum absolute atomic E-state index is 5.95. The lowest BCUT2D eigenvalue weighted by molar-refractivity contribution is 0.278. The molecule has 0 spiro atoms. The molecule has 0 aromatic heterocycles. The van der Waals surface area contributed by atoms with E-state index in [4.69, 9.17) is 11.6 Å². The van der Waals surface area contributed by atoms with Crippen LogP contribution in [0.1, 0.15) is 57.6 Å². The molecule has 1 aliphatic carbocycles. The summed E-state index contributed by atoms with van der Waals surface area (Å²) in [5.41, 5.74) is 1.36. The number of halogens is 1. The molecule has 1 N–H and O–H groups in total. The minimum absolute atomic E-state index is 0.470. The lowest BCUT2D eigenvalue weighted by Gasteiger charge is -2.31. The van der Waals surface area contributed by atoms with Crippen molar-refractivity contribution in [1.82, 2.24) is 5.32 Å².